The van der Waals surface area contributed by atoms with Crippen molar-refractivity contribution in [3.63, 3.8) is 0 Å². The molecular formula is C15H32N2. The molecule has 1 aliphatic heterocycles. The topological polar surface area (TPSA) is 15.3 Å². The third kappa shape index (κ3) is 4.59. The molecule has 0 bridgehead atoms. The molecule has 0 radical (unpaired) electrons. The van der Waals surface area contributed by atoms with Crippen molar-refractivity contribution in [2.24, 2.45) is 11.8 Å². The lowest BCUT2D eigenvalue weighted by molar-refractivity contribution is 0.0477. The van der Waals surface area contributed by atoms with Crippen LogP contribution in [0.1, 0.15) is 54.4 Å². The van der Waals surface area contributed by atoms with E-state index in [1.165, 1.54) is 25.9 Å². The van der Waals surface area contributed by atoms with Gasteiger partial charge in [-0.15, -0.1) is 0 Å². The Kier molecular flexibility index (Phi) is 5.46. The van der Waals surface area contributed by atoms with Gasteiger partial charge in [0.2, 0.25) is 0 Å². The Bertz CT molecular complexity index is 223. The zero-order chi connectivity index (χ0) is 13.1. The van der Waals surface area contributed by atoms with Gasteiger partial charge in [-0.3, -0.25) is 4.90 Å². The van der Waals surface area contributed by atoms with Crippen molar-refractivity contribution in [1.29, 1.82) is 0 Å². The lowest BCUT2D eigenvalue weighted by Crippen LogP contribution is -2.62. The number of hydrogen-bond acceptors (Lipinski definition) is 2. The molecular weight excluding hydrogens is 208 g/mol. The van der Waals surface area contributed by atoms with E-state index in [1.807, 2.05) is 0 Å². The van der Waals surface area contributed by atoms with Crippen molar-refractivity contribution < 1.29 is 0 Å². The van der Waals surface area contributed by atoms with Gasteiger partial charge >= 0.3 is 0 Å². The molecule has 0 aromatic rings. The van der Waals surface area contributed by atoms with Gasteiger partial charge in [0.05, 0.1) is 0 Å². The van der Waals surface area contributed by atoms with Crippen molar-refractivity contribution in [3.05, 3.63) is 0 Å². The molecule has 1 saturated heterocycles. The standard InChI is InChI=1S/C15H32N2/c1-7-13(4)9-17-10-14(8-12(2)3)16-11-15(17,5)6/h12-14,16H,7-11H2,1-6H3. The second-order valence-corrected chi connectivity index (χ2v) is 6.94. The van der Waals surface area contributed by atoms with E-state index in [-0.39, 0.29) is 0 Å². The van der Waals surface area contributed by atoms with Gasteiger partial charge in [0.15, 0.2) is 0 Å². The van der Waals surface area contributed by atoms with E-state index in [1.54, 1.807) is 0 Å². The molecule has 2 heteroatoms. The fraction of sp³-hybridized carbons (Fsp3) is 1.00. The van der Waals surface area contributed by atoms with Gasteiger partial charge in [-0.2, -0.15) is 0 Å². The third-order valence-electron chi connectivity index (χ3n) is 4.11. The first-order valence-electron chi connectivity index (χ1n) is 7.33. The van der Waals surface area contributed by atoms with E-state index in [9.17, 15) is 0 Å². The lowest BCUT2D eigenvalue weighted by Gasteiger charge is -2.47. The first-order valence-corrected chi connectivity index (χ1v) is 7.33. The maximum Gasteiger partial charge on any atom is 0.0278 e. The SMILES string of the molecule is CCC(C)CN1CC(CC(C)C)NCC1(C)C. The number of hydrogen-bond donors (Lipinski definition) is 1. The van der Waals surface area contributed by atoms with Crippen LogP contribution in [0.2, 0.25) is 0 Å². The van der Waals surface area contributed by atoms with E-state index in [4.69, 9.17) is 0 Å². The Morgan fingerprint density at radius 1 is 1.29 bits per heavy atom. The van der Waals surface area contributed by atoms with Crippen molar-refractivity contribution >= 4 is 0 Å². The van der Waals surface area contributed by atoms with E-state index in [0.29, 0.717) is 11.6 Å². The molecule has 2 nitrogen and oxygen atoms in total. The number of piperazine rings is 1. The van der Waals surface area contributed by atoms with Crippen molar-refractivity contribution in [3.8, 4) is 0 Å². The van der Waals surface area contributed by atoms with Gasteiger partial charge in [0.25, 0.3) is 0 Å². The highest BCUT2D eigenvalue weighted by atomic mass is 15.3. The van der Waals surface area contributed by atoms with Crippen LogP contribution in [-0.2, 0) is 0 Å². The highest BCUT2D eigenvalue weighted by molar-refractivity contribution is 4.93. The Labute approximate surface area is 108 Å². The van der Waals surface area contributed by atoms with Gasteiger partial charge in [0, 0.05) is 31.2 Å². The summed E-state index contributed by atoms with van der Waals surface area (Å²) < 4.78 is 0. The maximum absolute atomic E-state index is 3.72. The quantitative estimate of drug-likeness (QED) is 0.794. The van der Waals surface area contributed by atoms with Crippen LogP contribution >= 0.6 is 0 Å². The monoisotopic (exact) mass is 240 g/mol. The summed E-state index contributed by atoms with van der Waals surface area (Å²) in [6.45, 7) is 17.6. The third-order valence-corrected chi connectivity index (χ3v) is 4.11. The second-order valence-electron chi connectivity index (χ2n) is 6.94. The van der Waals surface area contributed by atoms with E-state index in [2.05, 4.69) is 51.8 Å². The minimum absolute atomic E-state index is 0.316. The summed E-state index contributed by atoms with van der Waals surface area (Å²) in [6.07, 6.45) is 2.59. The molecule has 1 aliphatic rings. The summed E-state index contributed by atoms with van der Waals surface area (Å²) in [5, 5.41) is 3.72. The highest BCUT2D eigenvalue weighted by Gasteiger charge is 2.34. The molecule has 0 aromatic carbocycles. The smallest absolute Gasteiger partial charge is 0.0278 e. The average Bonchev–Trinajstić information content (AvgIpc) is 2.22. The molecule has 0 amide bonds. The summed E-state index contributed by atoms with van der Waals surface area (Å²) in [4.78, 5) is 2.70. The van der Waals surface area contributed by atoms with Crippen molar-refractivity contribution in [1.82, 2.24) is 10.2 Å². The number of rotatable bonds is 5. The molecule has 102 valence electrons. The summed E-state index contributed by atoms with van der Waals surface area (Å²) in [5.41, 5.74) is 0.316. The molecule has 0 saturated carbocycles. The van der Waals surface area contributed by atoms with Crippen LogP contribution in [0.5, 0.6) is 0 Å². The first-order chi connectivity index (χ1) is 7.85. The molecule has 17 heavy (non-hydrogen) atoms. The summed E-state index contributed by atoms with van der Waals surface area (Å²) >= 11 is 0. The first kappa shape index (κ1) is 15.0. The number of nitrogens with zero attached hydrogens (tertiary/aromatic N) is 1. The summed E-state index contributed by atoms with van der Waals surface area (Å²) in [7, 11) is 0. The summed E-state index contributed by atoms with van der Waals surface area (Å²) in [6, 6.07) is 0.687. The largest absolute Gasteiger partial charge is 0.311 e. The van der Waals surface area contributed by atoms with Crippen LogP contribution < -0.4 is 5.32 Å². The van der Waals surface area contributed by atoms with Crippen molar-refractivity contribution in [2.45, 2.75) is 66.0 Å². The predicted octanol–water partition coefficient (Wildman–Crippen LogP) is 3.13. The van der Waals surface area contributed by atoms with Crippen LogP contribution in [0.15, 0.2) is 0 Å². The van der Waals surface area contributed by atoms with E-state index >= 15 is 0 Å². The minimum Gasteiger partial charge on any atom is -0.311 e. The molecule has 1 rings (SSSR count). The lowest BCUT2D eigenvalue weighted by atomic mass is 9.92. The second kappa shape index (κ2) is 6.19. The summed E-state index contributed by atoms with van der Waals surface area (Å²) in [5.74, 6) is 1.60. The zero-order valence-electron chi connectivity index (χ0n) is 12.7. The predicted molar refractivity (Wildman–Crippen MR) is 76.4 cm³/mol. The van der Waals surface area contributed by atoms with Gasteiger partial charge in [-0.05, 0) is 32.1 Å². The van der Waals surface area contributed by atoms with Gasteiger partial charge < -0.3 is 5.32 Å². The molecule has 1 heterocycles. The molecule has 1 fully saturated rings. The number of nitrogens with one attached hydrogen (secondary N) is 1. The Hall–Kier alpha value is -0.0800. The van der Waals surface area contributed by atoms with Crippen LogP contribution in [0.3, 0.4) is 0 Å². The van der Waals surface area contributed by atoms with Crippen molar-refractivity contribution in [2.75, 3.05) is 19.6 Å². The molecule has 1 N–H and O–H groups in total. The highest BCUT2D eigenvalue weighted by Crippen LogP contribution is 2.23. The normalized spacial score (nSPS) is 27.4. The molecule has 0 aliphatic carbocycles. The molecule has 0 aromatic heterocycles. The Morgan fingerprint density at radius 3 is 2.47 bits per heavy atom. The Morgan fingerprint density at radius 2 is 1.94 bits per heavy atom. The average molecular weight is 240 g/mol. The molecule has 0 spiro atoms. The van der Waals surface area contributed by atoms with Gasteiger partial charge in [-0.25, -0.2) is 0 Å². The Balaban J connectivity index is 2.56. The van der Waals surface area contributed by atoms with Crippen LogP contribution in [0.25, 0.3) is 0 Å². The van der Waals surface area contributed by atoms with Gasteiger partial charge in [0.1, 0.15) is 0 Å². The van der Waals surface area contributed by atoms with Crippen LogP contribution in [-0.4, -0.2) is 36.1 Å². The van der Waals surface area contributed by atoms with Crippen LogP contribution in [0, 0.1) is 11.8 Å². The maximum atomic E-state index is 3.72. The van der Waals surface area contributed by atoms with Gasteiger partial charge in [-0.1, -0.05) is 34.1 Å². The minimum atomic E-state index is 0.316. The van der Waals surface area contributed by atoms with E-state index in [0.717, 1.165) is 18.4 Å². The zero-order valence-corrected chi connectivity index (χ0v) is 12.7. The molecule has 2 unspecified atom stereocenters. The van der Waals surface area contributed by atoms with Crippen LogP contribution in [0.4, 0.5) is 0 Å². The fourth-order valence-electron chi connectivity index (χ4n) is 2.64. The molecule has 2 atom stereocenters. The van der Waals surface area contributed by atoms with E-state index < -0.39 is 0 Å². The fourth-order valence-corrected chi connectivity index (χ4v) is 2.64.